The van der Waals surface area contributed by atoms with Crippen molar-refractivity contribution in [3.8, 4) is 0 Å². The van der Waals surface area contributed by atoms with Crippen LogP contribution in [0.15, 0.2) is 24.3 Å². The van der Waals surface area contributed by atoms with Gasteiger partial charge < -0.3 is 19.9 Å². The molecule has 174 valence electrons. The van der Waals surface area contributed by atoms with Crippen molar-refractivity contribution in [3.05, 3.63) is 35.0 Å². The smallest absolute Gasteiger partial charge is 0.270 e. The van der Waals surface area contributed by atoms with Crippen LogP contribution in [0.25, 0.3) is 10.9 Å². The Hall–Kier alpha value is -2.09. The van der Waals surface area contributed by atoms with E-state index in [1.807, 2.05) is 36.1 Å². The molecule has 2 aliphatic heterocycles. The summed E-state index contributed by atoms with van der Waals surface area (Å²) in [6, 6.07) is 7.43. The lowest BCUT2D eigenvalue weighted by molar-refractivity contribution is -0.126. The second-order valence-corrected chi connectivity index (χ2v) is 9.37. The van der Waals surface area contributed by atoms with Crippen molar-refractivity contribution < 1.29 is 14.3 Å². The summed E-state index contributed by atoms with van der Waals surface area (Å²) in [4.78, 5) is 33.0. The first-order chi connectivity index (χ1) is 15.5. The molecule has 2 fully saturated rings. The fourth-order valence-corrected chi connectivity index (χ4v) is 4.89. The lowest BCUT2D eigenvalue weighted by Gasteiger charge is -2.34. The number of hydrogen-bond acceptors (Lipinski definition) is 4. The lowest BCUT2D eigenvalue weighted by Crippen LogP contribution is -2.43. The third kappa shape index (κ3) is 5.63. The van der Waals surface area contributed by atoms with Crippen LogP contribution >= 0.6 is 11.6 Å². The third-order valence-electron chi connectivity index (χ3n) is 6.81. The number of hydrogen-bond donors (Lipinski definition) is 2. The molecular formula is C24H33ClN4O3. The molecular weight excluding hydrogens is 428 g/mol. The molecule has 0 saturated carbocycles. The van der Waals surface area contributed by atoms with E-state index >= 15 is 0 Å². The van der Waals surface area contributed by atoms with Crippen LogP contribution < -0.4 is 5.32 Å². The molecule has 0 bridgehead atoms. The van der Waals surface area contributed by atoms with Crippen LogP contribution in [0, 0.1) is 11.8 Å². The molecule has 1 aromatic carbocycles. The first kappa shape index (κ1) is 23.1. The van der Waals surface area contributed by atoms with Gasteiger partial charge in [0.15, 0.2) is 0 Å². The summed E-state index contributed by atoms with van der Waals surface area (Å²) in [5.74, 6) is 0.408. The van der Waals surface area contributed by atoms with Crippen LogP contribution in [-0.2, 0) is 9.53 Å². The highest BCUT2D eigenvalue weighted by molar-refractivity contribution is 6.31. The van der Waals surface area contributed by atoms with Gasteiger partial charge in [-0.15, -0.1) is 0 Å². The number of carbonyl (C=O) groups excluding carboxylic acids is 2. The van der Waals surface area contributed by atoms with Crippen LogP contribution in [0.2, 0.25) is 5.02 Å². The van der Waals surface area contributed by atoms with Crippen molar-refractivity contribution in [2.24, 2.45) is 11.8 Å². The molecule has 0 radical (unpaired) electrons. The normalized spacial score (nSPS) is 19.2. The van der Waals surface area contributed by atoms with Crippen molar-refractivity contribution in [3.63, 3.8) is 0 Å². The van der Waals surface area contributed by atoms with E-state index in [4.69, 9.17) is 16.3 Å². The van der Waals surface area contributed by atoms with Gasteiger partial charge in [-0.05, 0) is 56.0 Å². The number of likely N-dealkylation sites (tertiary alicyclic amines) is 1. The number of piperidine rings is 1. The van der Waals surface area contributed by atoms with Gasteiger partial charge in [-0.25, -0.2) is 0 Å². The molecule has 0 spiro atoms. The quantitative estimate of drug-likeness (QED) is 0.622. The highest BCUT2D eigenvalue weighted by Gasteiger charge is 2.30. The zero-order chi connectivity index (χ0) is 22.5. The maximum Gasteiger partial charge on any atom is 0.270 e. The largest absolute Gasteiger partial charge is 0.379 e. The number of benzene rings is 1. The van der Waals surface area contributed by atoms with E-state index in [1.54, 1.807) is 0 Å². The van der Waals surface area contributed by atoms with Crippen LogP contribution in [0.1, 0.15) is 36.7 Å². The monoisotopic (exact) mass is 460 g/mol. The number of aromatic amines is 1. The predicted molar refractivity (Wildman–Crippen MR) is 126 cm³/mol. The topological polar surface area (TPSA) is 77.7 Å². The van der Waals surface area contributed by atoms with E-state index in [9.17, 15) is 9.59 Å². The summed E-state index contributed by atoms with van der Waals surface area (Å²) < 4.78 is 5.37. The van der Waals surface area contributed by atoms with Gasteiger partial charge >= 0.3 is 0 Å². The Bertz CT molecular complexity index is 932. The maximum atomic E-state index is 12.9. The minimum atomic E-state index is -0.0362. The Balaban J connectivity index is 1.20. The van der Waals surface area contributed by atoms with Gasteiger partial charge in [-0.3, -0.25) is 14.5 Å². The molecule has 1 aromatic heterocycles. The zero-order valence-corrected chi connectivity index (χ0v) is 19.5. The second kappa shape index (κ2) is 10.7. The van der Waals surface area contributed by atoms with Gasteiger partial charge in [0.25, 0.3) is 5.91 Å². The molecule has 0 unspecified atom stereocenters. The van der Waals surface area contributed by atoms with E-state index in [0.29, 0.717) is 36.3 Å². The number of ether oxygens (including phenoxy) is 1. The Kier molecular flexibility index (Phi) is 7.71. The highest BCUT2D eigenvalue weighted by atomic mass is 35.5. The van der Waals surface area contributed by atoms with Gasteiger partial charge in [0.1, 0.15) is 5.69 Å². The van der Waals surface area contributed by atoms with Crippen LogP contribution in [0.4, 0.5) is 0 Å². The number of halogens is 1. The number of H-pyrrole nitrogens is 1. The zero-order valence-electron chi connectivity index (χ0n) is 18.7. The number of rotatable bonds is 7. The van der Waals surface area contributed by atoms with Gasteiger partial charge in [0.05, 0.1) is 13.2 Å². The number of nitrogens with zero attached hydrogens (tertiary/aromatic N) is 2. The van der Waals surface area contributed by atoms with Gasteiger partial charge in [0.2, 0.25) is 5.91 Å². The summed E-state index contributed by atoms with van der Waals surface area (Å²) in [5, 5.41) is 4.70. The molecule has 2 amide bonds. The fourth-order valence-electron chi connectivity index (χ4n) is 4.71. The first-order valence-corrected chi connectivity index (χ1v) is 12.0. The summed E-state index contributed by atoms with van der Waals surface area (Å²) >= 11 is 6.05. The Labute approximate surface area is 194 Å². The number of aromatic nitrogens is 1. The lowest BCUT2D eigenvalue weighted by atomic mass is 9.84. The molecule has 32 heavy (non-hydrogen) atoms. The minimum Gasteiger partial charge on any atom is -0.379 e. The summed E-state index contributed by atoms with van der Waals surface area (Å²) in [6.07, 6.45) is 2.65. The van der Waals surface area contributed by atoms with E-state index in [1.165, 1.54) is 0 Å². The molecule has 0 aliphatic carbocycles. The molecule has 4 rings (SSSR count). The number of fused-ring (bicyclic) bond motifs is 1. The van der Waals surface area contributed by atoms with Crippen LogP contribution in [-0.4, -0.2) is 79.1 Å². The number of nitrogens with one attached hydrogen (secondary N) is 2. The Morgan fingerprint density at radius 3 is 2.69 bits per heavy atom. The van der Waals surface area contributed by atoms with Gasteiger partial charge in [-0.1, -0.05) is 18.5 Å². The fraction of sp³-hybridized carbons (Fsp3) is 0.583. The summed E-state index contributed by atoms with van der Waals surface area (Å²) in [7, 11) is 0. The van der Waals surface area contributed by atoms with Crippen molar-refractivity contribution in [2.75, 3.05) is 52.5 Å². The predicted octanol–water partition coefficient (Wildman–Crippen LogP) is 3.15. The Morgan fingerprint density at radius 1 is 1.19 bits per heavy atom. The van der Waals surface area contributed by atoms with Crippen molar-refractivity contribution in [2.45, 2.75) is 26.2 Å². The first-order valence-electron chi connectivity index (χ1n) is 11.7. The molecule has 8 heteroatoms. The second-order valence-electron chi connectivity index (χ2n) is 8.93. The van der Waals surface area contributed by atoms with Crippen molar-refractivity contribution in [1.29, 1.82) is 0 Å². The molecule has 2 saturated heterocycles. The van der Waals surface area contributed by atoms with E-state index in [-0.39, 0.29) is 17.7 Å². The Morgan fingerprint density at radius 2 is 1.94 bits per heavy atom. The number of amides is 2. The highest BCUT2D eigenvalue weighted by Crippen LogP contribution is 2.27. The molecule has 3 heterocycles. The van der Waals surface area contributed by atoms with E-state index in [2.05, 4.69) is 15.2 Å². The summed E-state index contributed by atoms with van der Waals surface area (Å²) in [6.45, 7) is 8.64. The van der Waals surface area contributed by atoms with Crippen molar-refractivity contribution in [1.82, 2.24) is 20.1 Å². The molecule has 1 atom stereocenters. The van der Waals surface area contributed by atoms with E-state index in [0.717, 1.165) is 63.0 Å². The standard InChI is InChI=1S/C24H33ClN4O3/c1-17(23(30)26-7-2-8-28-11-13-32-14-12-28)18-5-9-29(10-6-18)24(31)22-16-19-15-20(25)3-4-21(19)27-22/h3-4,15-18,27H,2,5-14H2,1H3,(H,26,30)/t17-/m0/s1. The molecule has 2 N–H and O–H groups in total. The number of morpholine rings is 1. The van der Waals surface area contributed by atoms with Gasteiger partial charge in [-0.2, -0.15) is 0 Å². The average Bonchev–Trinajstić information content (AvgIpc) is 3.24. The van der Waals surface area contributed by atoms with Crippen LogP contribution in [0.5, 0.6) is 0 Å². The SMILES string of the molecule is C[C@H](C(=O)NCCCN1CCOCC1)C1CCN(C(=O)c2cc3cc(Cl)ccc3[nH]2)CC1. The molecule has 2 aliphatic rings. The minimum absolute atomic E-state index is 0.0102. The van der Waals surface area contributed by atoms with E-state index < -0.39 is 0 Å². The van der Waals surface area contributed by atoms with Crippen LogP contribution in [0.3, 0.4) is 0 Å². The third-order valence-corrected chi connectivity index (χ3v) is 7.05. The molecule has 2 aromatic rings. The van der Waals surface area contributed by atoms with Gasteiger partial charge in [0, 0.05) is 54.6 Å². The maximum absolute atomic E-state index is 12.9. The van der Waals surface area contributed by atoms with Crippen molar-refractivity contribution >= 4 is 34.3 Å². The number of carbonyl (C=O) groups is 2. The average molecular weight is 461 g/mol. The molecule has 7 nitrogen and oxygen atoms in total. The summed E-state index contributed by atoms with van der Waals surface area (Å²) in [5.41, 5.74) is 1.50.